The highest BCUT2D eigenvalue weighted by molar-refractivity contribution is 7.00. The summed E-state index contributed by atoms with van der Waals surface area (Å²) in [6.07, 6.45) is 0. The maximum Gasteiger partial charge on any atom is 0.252 e. The number of rotatable bonds is 5. The number of aryl methyl sites for hydroxylation is 2. The maximum absolute atomic E-state index is 6.52. The summed E-state index contributed by atoms with van der Waals surface area (Å²) in [5, 5.41) is 0. The quantitative estimate of drug-likeness (QED) is 0.163. The molecular weight excluding hydrogens is 705 g/mol. The Hall–Kier alpha value is -6.98. The molecule has 5 heteroatoms. The van der Waals surface area contributed by atoms with Crippen LogP contribution in [-0.2, 0) is 5.41 Å². The molecule has 278 valence electrons. The molecule has 0 amide bonds. The number of hydrogen-bond acceptors (Lipinski definition) is 4. The number of ether oxygens (including phenoxy) is 1. The van der Waals surface area contributed by atoms with E-state index in [2.05, 4.69) is 218 Å². The van der Waals surface area contributed by atoms with Gasteiger partial charge in [0.25, 0.3) is 6.71 Å². The van der Waals surface area contributed by atoms with Gasteiger partial charge in [-0.1, -0.05) is 116 Å². The Morgan fingerprint density at radius 2 is 1.07 bits per heavy atom. The number of benzene rings is 8. The summed E-state index contributed by atoms with van der Waals surface area (Å²) in [6, 6.07) is 66.5. The van der Waals surface area contributed by atoms with Crippen molar-refractivity contribution in [2.45, 2.75) is 33.1 Å². The van der Waals surface area contributed by atoms with Crippen molar-refractivity contribution >= 4 is 74.3 Å². The van der Waals surface area contributed by atoms with Crippen LogP contribution in [0.5, 0.6) is 11.5 Å². The summed E-state index contributed by atoms with van der Waals surface area (Å²) in [7, 11) is 0. The molecule has 0 radical (unpaired) electrons. The molecule has 0 N–H and O–H groups in total. The van der Waals surface area contributed by atoms with Gasteiger partial charge in [-0.15, -0.1) is 0 Å². The highest BCUT2D eigenvalue weighted by atomic mass is 16.5. The molecule has 0 spiro atoms. The lowest BCUT2D eigenvalue weighted by Crippen LogP contribution is -2.61. The Morgan fingerprint density at radius 3 is 1.84 bits per heavy atom. The van der Waals surface area contributed by atoms with Crippen LogP contribution in [0.2, 0.25) is 0 Å². The minimum absolute atomic E-state index is 0.0405. The molecule has 0 aromatic heterocycles. The number of nitrogens with zero attached hydrogens (tertiary/aromatic N) is 3. The molecule has 0 bridgehead atoms. The van der Waals surface area contributed by atoms with Crippen LogP contribution in [-0.4, -0.2) is 6.71 Å². The van der Waals surface area contributed by atoms with Crippen molar-refractivity contribution in [1.29, 1.82) is 0 Å². The zero-order valence-corrected chi connectivity index (χ0v) is 33.1. The van der Waals surface area contributed by atoms with E-state index in [4.69, 9.17) is 4.74 Å². The number of para-hydroxylation sites is 3. The summed E-state index contributed by atoms with van der Waals surface area (Å²) < 4.78 is 6.52. The zero-order chi connectivity index (χ0) is 39.1. The largest absolute Gasteiger partial charge is 0.457 e. The van der Waals surface area contributed by atoms with Gasteiger partial charge >= 0.3 is 0 Å². The molecular formula is C53H42BN3O. The summed E-state index contributed by atoms with van der Waals surface area (Å²) in [6.45, 7) is 9.01. The second kappa shape index (κ2) is 13.0. The number of anilines is 9. The SMILES string of the molecule is Cc1ccc(N2c3ccc(C)cc3B3c4ccc(N(c5ccccc5)c5ccc6c(c5)C(C)(C)c5ccccc5O6)cc4N(c4ccccc4)c4cccc2c43)cc1. The van der Waals surface area contributed by atoms with E-state index in [1.807, 2.05) is 6.07 Å². The van der Waals surface area contributed by atoms with Gasteiger partial charge in [0.05, 0.1) is 0 Å². The molecule has 0 saturated carbocycles. The van der Waals surface area contributed by atoms with Crippen LogP contribution >= 0.6 is 0 Å². The third-order valence-electron chi connectivity index (χ3n) is 12.4. The standard InChI is InChI=1S/C53H42BN3O/c1-35-22-25-39(26-23-35)56-46-30-24-36(2)32-45(46)54-44-29-27-41(34-49(44)57(38-16-9-6-10-17-38)48-20-13-19-47(56)52(48)54)55(37-14-7-5-8-15-37)40-28-31-51-43(33-40)53(3,4)42-18-11-12-21-50(42)58-51/h5-34H,1-4H3. The molecule has 11 rings (SSSR count). The minimum atomic E-state index is -0.247. The van der Waals surface area contributed by atoms with E-state index < -0.39 is 0 Å². The fourth-order valence-electron chi connectivity index (χ4n) is 9.60. The van der Waals surface area contributed by atoms with Crippen molar-refractivity contribution in [2.24, 2.45) is 0 Å². The van der Waals surface area contributed by atoms with Crippen molar-refractivity contribution in [3.63, 3.8) is 0 Å². The Kier molecular flexibility index (Phi) is 7.71. The second-order valence-electron chi connectivity index (χ2n) is 16.4. The molecule has 0 unspecified atom stereocenters. The van der Waals surface area contributed by atoms with Gasteiger partial charge in [0, 0.05) is 67.7 Å². The topological polar surface area (TPSA) is 19.0 Å². The van der Waals surface area contributed by atoms with E-state index in [0.29, 0.717) is 0 Å². The van der Waals surface area contributed by atoms with Gasteiger partial charge in [0.1, 0.15) is 11.5 Å². The molecule has 3 aliphatic rings. The summed E-state index contributed by atoms with van der Waals surface area (Å²) in [5.74, 6) is 1.83. The summed E-state index contributed by atoms with van der Waals surface area (Å²) in [4.78, 5) is 7.33. The first-order valence-corrected chi connectivity index (χ1v) is 20.2. The second-order valence-corrected chi connectivity index (χ2v) is 16.4. The van der Waals surface area contributed by atoms with Gasteiger partial charge in [-0.2, -0.15) is 0 Å². The van der Waals surface area contributed by atoms with E-state index in [0.717, 1.165) is 39.9 Å². The van der Waals surface area contributed by atoms with E-state index >= 15 is 0 Å². The molecule has 8 aromatic carbocycles. The van der Waals surface area contributed by atoms with E-state index in [9.17, 15) is 0 Å². The predicted octanol–water partition coefficient (Wildman–Crippen LogP) is 12.3. The van der Waals surface area contributed by atoms with Crippen molar-refractivity contribution in [1.82, 2.24) is 0 Å². The first-order valence-electron chi connectivity index (χ1n) is 20.2. The fraction of sp³-hybridized carbons (Fsp3) is 0.0943. The van der Waals surface area contributed by atoms with Crippen molar-refractivity contribution in [3.8, 4) is 11.5 Å². The van der Waals surface area contributed by atoms with Gasteiger partial charge in [-0.05, 0) is 121 Å². The van der Waals surface area contributed by atoms with Crippen LogP contribution in [0.4, 0.5) is 51.2 Å². The third-order valence-corrected chi connectivity index (χ3v) is 12.4. The number of hydrogen-bond donors (Lipinski definition) is 0. The smallest absolute Gasteiger partial charge is 0.252 e. The zero-order valence-electron chi connectivity index (χ0n) is 33.1. The summed E-state index contributed by atoms with van der Waals surface area (Å²) in [5.41, 5.74) is 18.9. The molecule has 0 aliphatic carbocycles. The van der Waals surface area contributed by atoms with E-state index in [-0.39, 0.29) is 12.1 Å². The lowest BCUT2D eigenvalue weighted by atomic mass is 9.33. The lowest BCUT2D eigenvalue weighted by molar-refractivity contribution is 0.418. The van der Waals surface area contributed by atoms with Gasteiger partial charge in [0.15, 0.2) is 0 Å². The molecule has 3 aliphatic heterocycles. The molecule has 0 fully saturated rings. The molecule has 0 saturated heterocycles. The van der Waals surface area contributed by atoms with Crippen LogP contribution < -0.4 is 35.8 Å². The Labute approximate surface area is 341 Å². The van der Waals surface area contributed by atoms with E-state index in [1.165, 1.54) is 61.4 Å². The van der Waals surface area contributed by atoms with Crippen molar-refractivity contribution < 1.29 is 4.74 Å². The van der Waals surface area contributed by atoms with Crippen LogP contribution in [0.25, 0.3) is 0 Å². The number of fused-ring (bicyclic) bond motifs is 6. The first kappa shape index (κ1) is 34.3. The average Bonchev–Trinajstić information content (AvgIpc) is 3.25. The van der Waals surface area contributed by atoms with Gasteiger partial charge in [-0.25, -0.2) is 0 Å². The Morgan fingerprint density at radius 1 is 0.448 bits per heavy atom. The van der Waals surface area contributed by atoms with Gasteiger partial charge in [-0.3, -0.25) is 0 Å². The normalized spacial score (nSPS) is 14.0. The molecule has 4 nitrogen and oxygen atoms in total. The Balaban J connectivity index is 1.13. The van der Waals surface area contributed by atoms with E-state index in [1.54, 1.807) is 0 Å². The van der Waals surface area contributed by atoms with Crippen molar-refractivity contribution in [3.05, 3.63) is 204 Å². The lowest BCUT2D eigenvalue weighted by Gasteiger charge is -2.44. The predicted molar refractivity (Wildman–Crippen MR) is 243 cm³/mol. The van der Waals surface area contributed by atoms with Crippen LogP contribution in [0.3, 0.4) is 0 Å². The fourth-order valence-corrected chi connectivity index (χ4v) is 9.60. The molecule has 8 aromatic rings. The third kappa shape index (κ3) is 5.23. The first-order chi connectivity index (χ1) is 28.3. The average molecular weight is 748 g/mol. The highest BCUT2D eigenvalue weighted by Gasteiger charge is 2.43. The van der Waals surface area contributed by atoms with Crippen LogP contribution in [0.15, 0.2) is 182 Å². The van der Waals surface area contributed by atoms with Gasteiger partial charge in [0.2, 0.25) is 0 Å². The van der Waals surface area contributed by atoms with Crippen LogP contribution in [0.1, 0.15) is 36.1 Å². The molecule has 58 heavy (non-hydrogen) atoms. The van der Waals surface area contributed by atoms with Crippen LogP contribution in [0, 0.1) is 13.8 Å². The monoisotopic (exact) mass is 747 g/mol. The molecule has 0 atom stereocenters. The Bertz CT molecular complexity index is 2890. The summed E-state index contributed by atoms with van der Waals surface area (Å²) >= 11 is 0. The maximum atomic E-state index is 6.52. The van der Waals surface area contributed by atoms with Crippen molar-refractivity contribution in [2.75, 3.05) is 14.7 Å². The van der Waals surface area contributed by atoms with Gasteiger partial charge < -0.3 is 19.4 Å². The highest BCUT2D eigenvalue weighted by Crippen LogP contribution is 2.51. The minimum Gasteiger partial charge on any atom is -0.457 e. The molecule has 3 heterocycles.